The normalized spacial score (nSPS) is 13.0. The summed E-state index contributed by atoms with van der Waals surface area (Å²) in [4.78, 5) is 17.2. The van der Waals surface area contributed by atoms with Gasteiger partial charge in [0.1, 0.15) is 6.04 Å². The standard InChI is InChI=1S/C19H16BrClF3N3OS/c1-9(2)16(25-13-5-3-10(7-12(13)21)19(22,23)24)17(28)27-18-26-14-6-4-11(20)8-15(14)29-18/h3-9,16,25H,1-2H3,(H,26,27,28)/t16-/m0/s1. The van der Waals surface area contributed by atoms with Crippen LogP contribution in [0.4, 0.5) is 24.0 Å². The van der Waals surface area contributed by atoms with Gasteiger partial charge in [0.2, 0.25) is 5.91 Å². The van der Waals surface area contributed by atoms with Gasteiger partial charge in [0.05, 0.1) is 26.5 Å². The number of rotatable bonds is 5. The number of fused-ring (bicyclic) bond motifs is 1. The van der Waals surface area contributed by atoms with E-state index < -0.39 is 17.8 Å². The van der Waals surface area contributed by atoms with Gasteiger partial charge in [-0.25, -0.2) is 4.98 Å². The van der Waals surface area contributed by atoms with Crippen LogP contribution < -0.4 is 10.6 Å². The van der Waals surface area contributed by atoms with Gasteiger partial charge in [-0.05, 0) is 42.3 Å². The number of carbonyl (C=O) groups excluding carboxylic acids is 1. The Bertz CT molecular complexity index is 1050. The van der Waals surface area contributed by atoms with E-state index in [0.717, 1.165) is 26.8 Å². The molecule has 3 aromatic rings. The Balaban J connectivity index is 1.79. The number of hydrogen-bond acceptors (Lipinski definition) is 4. The van der Waals surface area contributed by atoms with Crippen LogP contribution >= 0.6 is 38.9 Å². The first kappa shape index (κ1) is 21.9. The molecule has 0 spiro atoms. The number of benzene rings is 2. The zero-order valence-corrected chi connectivity index (χ0v) is 18.4. The molecule has 154 valence electrons. The maximum absolute atomic E-state index is 12.8. The van der Waals surface area contributed by atoms with Crippen molar-refractivity contribution in [1.82, 2.24) is 4.98 Å². The smallest absolute Gasteiger partial charge is 0.372 e. The lowest BCUT2D eigenvalue weighted by Crippen LogP contribution is -2.39. The van der Waals surface area contributed by atoms with Gasteiger partial charge in [0, 0.05) is 4.47 Å². The first-order chi connectivity index (χ1) is 13.5. The maximum Gasteiger partial charge on any atom is 0.416 e. The zero-order chi connectivity index (χ0) is 21.3. The Morgan fingerprint density at radius 1 is 1.21 bits per heavy atom. The van der Waals surface area contributed by atoms with Crippen LogP contribution in [0.1, 0.15) is 19.4 Å². The highest BCUT2D eigenvalue weighted by molar-refractivity contribution is 9.10. The fraction of sp³-hybridized carbons (Fsp3) is 0.263. The third kappa shape index (κ3) is 5.21. The molecule has 0 unspecified atom stereocenters. The van der Waals surface area contributed by atoms with Crippen LogP contribution in [0, 0.1) is 5.92 Å². The Labute approximate surface area is 182 Å². The van der Waals surface area contributed by atoms with Gasteiger partial charge in [0.15, 0.2) is 5.13 Å². The molecule has 0 aliphatic heterocycles. The van der Waals surface area contributed by atoms with Crippen LogP contribution in [0.3, 0.4) is 0 Å². The Morgan fingerprint density at radius 3 is 2.55 bits per heavy atom. The minimum absolute atomic E-state index is 0.108. The molecule has 0 aliphatic carbocycles. The van der Waals surface area contributed by atoms with Crippen LogP contribution in [0.5, 0.6) is 0 Å². The summed E-state index contributed by atoms with van der Waals surface area (Å²) in [6.07, 6.45) is -4.49. The molecule has 1 heterocycles. The van der Waals surface area contributed by atoms with Crippen LogP contribution in [-0.2, 0) is 11.0 Å². The third-order valence-electron chi connectivity index (χ3n) is 4.14. The lowest BCUT2D eigenvalue weighted by atomic mass is 10.0. The lowest BCUT2D eigenvalue weighted by Gasteiger charge is -2.23. The van der Waals surface area contributed by atoms with Crippen molar-refractivity contribution in [2.45, 2.75) is 26.1 Å². The molecule has 29 heavy (non-hydrogen) atoms. The molecule has 10 heteroatoms. The van der Waals surface area contributed by atoms with Gasteiger partial charge in [-0.15, -0.1) is 0 Å². The topological polar surface area (TPSA) is 54.0 Å². The lowest BCUT2D eigenvalue weighted by molar-refractivity contribution is -0.137. The van der Waals surface area contributed by atoms with Gasteiger partial charge in [-0.1, -0.05) is 52.7 Å². The minimum atomic E-state index is -4.49. The second-order valence-electron chi connectivity index (χ2n) is 6.68. The van der Waals surface area contributed by atoms with Crippen molar-refractivity contribution in [1.29, 1.82) is 0 Å². The van der Waals surface area contributed by atoms with E-state index in [-0.39, 0.29) is 22.5 Å². The van der Waals surface area contributed by atoms with E-state index >= 15 is 0 Å². The van der Waals surface area contributed by atoms with Gasteiger partial charge >= 0.3 is 6.18 Å². The fourth-order valence-corrected chi connectivity index (χ4v) is 4.30. The van der Waals surface area contributed by atoms with Crippen LogP contribution in [-0.4, -0.2) is 16.9 Å². The first-order valence-electron chi connectivity index (χ1n) is 8.55. The average Bonchev–Trinajstić information content (AvgIpc) is 3.00. The van der Waals surface area contributed by atoms with Crippen molar-refractivity contribution < 1.29 is 18.0 Å². The number of aromatic nitrogens is 1. The first-order valence-corrected chi connectivity index (χ1v) is 10.5. The van der Waals surface area contributed by atoms with E-state index in [1.807, 2.05) is 32.0 Å². The summed E-state index contributed by atoms with van der Waals surface area (Å²) in [5.74, 6) is -0.508. The highest BCUT2D eigenvalue weighted by Gasteiger charge is 2.31. The molecule has 2 N–H and O–H groups in total. The van der Waals surface area contributed by atoms with E-state index in [1.165, 1.54) is 17.4 Å². The van der Waals surface area contributed by atoms with Crippen LogP contribution in [0.25, 0.3) is 10.2 Å². The number of halogens is 5. The predicted molar refractivity (Wildman–Crippen MR) is 115 cm³/mol. The molecule has 2 aromatic carbocycles. The van der Waals surface area contributed by atoms with Crippen molar-refractivity contribution in [3.05, 3.63) is 51.5 Å². The van der Waals surface area contributed by atoms with E-state index in [0.29, 0.717) is 5.13 Å². The summed E-state index contributed by atoms with van der Waals surface area (Å²) >= 11 is 10.7. The summed E-state index contributed by atoms with van der Waals surface area (Å²) < 4.78 is 40.3. The van der Waals surface area contributed by atoms with Crippen LogP contribution in [0.15, 0.2) is 40.9 Å². The van der Waals surface area contributed by atoms with Crippen molar-refractivity contribution in [3.63, 3.8) is 0 Å². The molecule has 0 aliphatic rings. The summed E-state index contributed by atoms with van der Waals surface area (Å²) in [6, 6.07) is 7.87. The highest BCUT2D eigenvalue weighted by Crippen LogP contribution is 2.34. The Hall–Kier alpha value is -1.84. The second kappa shape index (κ2) is 8.49. The molecular weight excluding hydrogens is 491 g/mol. The molecule has 0 radical (unpaired) electrons. The summed E-state index contributed by atoms with van der Waals surface area (Å²) in [6.45, 7) is 3.65. The van der Waals surface area contributed by atoms with E-state index in [4.69, 9.17) is 11.6 Å². The Kier molecular flexibility index (Phi) is 6.40. The van der Waals surface area contributed by atoms with Crippen molar-refractivity contribution >= 4 is 65.8 Å². The highest BCUT2D eigenvalue weighted by atomic mass is 79.9. The third-order valence-corrected chi connectivity index (χ3v) is 5.88. The summed E-state index contributed by atoms with van der Waals surface area (Å²) in [5.41, 5.74) is 0.161. The van der Waals surface area contributed by atoms with E-state index in [1.54, 1.807) is 0 Å². The molecule has 1 aromatic heterocycles. The van der Waals surface area contributed by atoms with Gasteiger partial charge < -0.3 is 10.6 Å². The SMILES string of the molecule is CC(C)[C@H](Nc1ccc(C(F)(F)F)cc1Cl)C(=O)Nc1nc2ccc(Br)cc2s1. The average molecular weight is 507 g/mol. The molecule has 0 fully saturated rings. The number of anilines is 2. The quantitative estimate of drug-likeness (QED) is 0.400. The number of amides is 1. The molecule has 0 saturated heterocycles. The zero-order valence-electron chi connectivity index (χ0n) is 15.3. The largest absolute Gasteiger partial charge is 0.416 e. The minimum Gasteiger partial charge on any atom is -0.372 e. The number of alkyl halides is 3. The van der Waals surface area contributed by atoms with Crippen molar-refractivity contribution in [2.24, 2.45) is 5.92 Å². The molecule has 0 saturated carbocycles. The number of hydrogen-bond donors (Lipinski definition) is 2. The second-order valence-corrected chi connectivity index (χ2v) is 9.03. The van der Waals surface area contributed by atoms with Crippen molar-refractivity contribution in [2.75, 3.05) is 10.6 Å². The van der Waals surface area contributed by atoms with Gasteiger partial charge in [-0.2, -0.15) is 13.2 Å². The fourth-order valence-electron chi connectivity index (χ4n) is 2.65. The number of nitrogens with one attached hydrogen (secondary N) is 2. The monoisotopic (exact) mass is 505 g/mol. The summed E-state index contributed by atoms with van der Waals surface area (Å²) in [7, 11) is 0. The number of nitrogens with zero attached hydrogens (tertiary/aromatic N) is 1. The van der Waals surface area contributed by atoms with Gasteiger partial charge in [-0.3, -0.25) is 4.79 Å². The molecule has 1 amide bonds. The Morgan fingerprint density at radius 2 is 1.93 bits per heavy atom. The molecule has 0 bridgehead atoms. The molecule has 3 rings (SSSR count). The predicted octanol–water partition coefficient (Wildman–Crippen LogP) is 6.81. The van der Waals surface area contributed by atoms with E-state index in [9.17, 15) is 18.0 Å². The van der Waals surface area contributed by atoms with Crippen molar-refractivity contribution in [3.8, 4) is 0 Å². The molecular formula is C19H16BrClF3N3OS. The number of carbonyl (C=O) groups is 1. The summed E-state index contributed by atoms with van der Waals surface area (Å²) in [5, 5.41) is 6.05. The van der Waals surface area contributed by atoms with Crippen LogP contribution in [0.2, 0.25) is 5.02 Å². The molecule has 1 atom stereocenters. The maximum atomic E-state index is 12.8. The molecule has 4 nitrogen and oxygen atoms in total. The van der Waals surface area contributed by atoms with E-state index in [2.05, 4.69) is 31.5 Å². The number of thiazole rings is 1. The van der Waals surface area contributed by atoms with Gasteiger partial charge in [0.25, 0.3) is 0 Å².